The van der Waals surface area contributed by atoms with Gasteiger partial charge in [-0.3, -0.25) is 0 Å². The largest absolute Gasteiger partial charge is 0.305 e. The van der Waals surface area contributed by atoms with E-state index in [9.17, 15) is 0 Å². The highest BCUT2D eigenvalue weighted by atomic mass is 32.1. The van der Waals surface area contributed by atoms with Crippen LogP contribution in [0.2, 0.25) is 0 Å². The van der Waals surface area contributed by atoms with Gasteiger partial charge < -0.3 is 5.32 Å². The van der Waals surface area contributed by atoms with Gasteiger partial charge in [0.2, 0.25) is 0 Å². The third kappa shape index (κ3) is 3.03. The molecule has 1 atom stereocenters. The normalized spacial score (nSPS) is 19.4. The van der Waals surface area contributed by atoms with E-state index >= 15 is 0 Å². The SMILES string of the molecule is CCCNC(CC)(c1nc(C(C)(C)C)cs1)C1CC1. The van der Waals surface area contributed by atoms with Crippen LogP contribution in [-0.2, 0) is 11.0 Å². The number of rotatable bonds is 6. The summed E-state index contributed by atoms with van der Waals surface area (Å²) in [7, 11) is 0. The Morgan fingerprint density at radius 2 is 2.00 bits per heavy atom. The fraction of sp³-hybridized carbons (Fsp3) is 0.812. The zero-order valence-electron chi connectivity index (χ0n) is 13.0. The zero-order valence-corrected chi connectivity index (χ0v) is 13.9. The lowest BCUT2D eigenvalue weighted by Crippen LogP contribution is -2.44. The van der Waals surface area contributed by atoms with Gasteiger partial charge in [0.05, 0.1) is 11.2 Å². The predicted octanol–water partition coefficient (Wildman–Crippen LogP) is 4.46. The number of nitrogens with one attached hydrogen (secondary N) is 1. The molecule has 1 heterocycles. The molecule has 19 heavy (non-hydrogen) atoms. The van der Waals surface area contributed by atoms with Crippen LogP contribution in [0.3, 0.4) is 0 Å². The summed E-state index contributed by atoms with van der Waals surface area (Å²) in [5.74, 6) is 0.794. The Bertz CT molecular complexity index is 415. The van der Waals surface area contributed by atoms with Crippen molar-refractivity contribution < 1.29 is 0 Å². The van der Waals surface area contributed by atoms with Crippen LogP contribution in [0, 0.1) is 5.92 Å². The molecule has 0 aromatic carbocycles. The van der Waals surface area contributed by atoms with Crippen molar-refractivity contribution in [3.05, 3.63) is 16.1 Å². The highest BCUT2D eigenvalue weighted by Crippen LogP contribution is 2.48. The first-order valence-electron chi connectivity index (χ1n) is 7.65. The van der Waals surface area contributed by atoms with Crippen LogP contribution >= 0.6 is 11.3 Å². The van der Waals surface area contributed by atoms with Crippen molar-refractivity contribution >= 4 is 11.3 Å². The molecule has 2 rings (SSSR count). The highest BCUT2D eigenvalue weighted by Gasteiger charge is 2.46. The first kappa shape index (κ1) is 15.0. The van der Waals surface area contributed by atoms with Gasteiger partial charge in [-0.1, -0.05) is 34.6 Å². The Morgan fingerprint density at radius 3 is 2.42 bits per heavy atom. The molecule has 1 unspecified atom stereocenters. The van der Waals surface area contributed by atoms with Crippen molar-refractivity contribution in [2.75, 3.05) is 6.54 Å². The first-order chi connectivity index (χ1) is 8.94. The van der Waals surface area contributed by atoms with Gasteiger partial charge in [-0.2, -0.15) is 0 Å². The van der Waals surface area contributed by atoms with Gasteiger partial charge in [-0.15, -0.1) is 11.3 Å². The molecule has 1 aliphatic rings. The van der Waals surface area contributed by atoms with E-state index in [1.165, 1.54) is 30.0 Å². The number of aromatic nitrogens is 1. The Kier molecular flexibility index (Phi) is 4.36. The molecule has 0 bridgehead atoms. The van der Waals surface area contributed by atoms with Crippen molar-refractivity contribution in [3.8, 4) is 0 Å². The Morgan fingerprint density at radius 1 is 1.32 bits per heavy atom. The van der Waals surface area contributed by atoms with E-state index in [1.54, 1.807) is 0 Å². The number of hydrogen-bond acceptors (Lipinski definition) is 3. The lowest BCUT2D eigenvalue weighted by atomic mass is 9.89. The van der Waals surface area contributed by atoms with Crippen LogP contribution in [0.15, 0.2) is 5.38 Å². The van der Waals surface area contributed by atoms with E-state index in [0.29, 0.717) is 0 Å². The van der Waals surface area contributed by atoms with Crippen molar-refractivity contribution in [1.82, 2.24) is 10.3 Å². The second kappa shape index (κ2) is 5.53. The molecule has 1 aromatic heterocycles. The van der Waals surface area contributed by atoms with Gasteiger partial charge in [-0.25, -0.2) is 4.98 Å². The minimum atomic E-state index is 0.143. The van der Waals surface area contributed by atoms with E-state index in [2.05, 4.69) is 45.3 Å². The summed E-state index contributed by atoms with van der Waals surface area (Å²) >= 11 is 1.85. The molecular formula is C16H28N2S. The molecule has 0 spiro atoms. The minimum Gasteiger partial charge on any atom is -0.305 e. The van der Waals surface area contributed by atoms with Gasteiger partial charge >= 0.3 is 0 Å². The number of thiazole rings is 1. The molecule has 1 aromatic rings. The van der Waals surface area contributed by atoms with Crippen LogP contribution in [0.4, 0.5) is 0 Å². The van der Waals surface area contributed by atoms with Crippen molar-refractivity contribution in [1.29, 1.82) is 0 Å². The molecule has 2 nitrogen and oxygen atoms in total. The molecule has 0 radical (unpaired) electrons. The van der Waals surface area contributed by atoms with Crippen LogP contribution in [-0.4, -0.2) is 11.5 Å². The summed E-state index contributed by atoms with van der Waals surface area (Å²) in [6.45, 7) is 12.4. The van der Waals surface area contributed by atoms with Crippen LogP contribution in [0.25, 0.3) is 0 Å². The quantitative estimate of drug-likeness (QED) is 0.832. The third-order valence-electron chi connectivity index (χ3n) is 4.18. The van der Waals surface area contributed by atoms with E-state index in [4.69, 9.17) is 4.98 Å². The van der Waals surface area contributed by atoms with Crippen molar-refractivity contribution in [3.63, 3.8) is 0 Å². The molecule has 1 fully saturated rings. The van der Waals surface area contributed by atoms with Crippen LogP contribution in [0.1, 0.15) is 71.0 Å². The van der Waals surface area contributed by atoms with E-state index in [0.717, 1.165) is 18.9 Å². The summed E-state index contributed by atoms with van der Waals surface area (Å²) in [6, 6.07) is 0. The summed E-state index contributed by atoms with van der Waals surface area (Å²) < 4.78 is 0. The smallest absolute Gasteiger partial charge is 0.113 e. The standard InChI is InChI=1S/C16H28N2S/c1-6-10-17-16(7-2,12-8-9-12)14-18-13(11-19-14)15(3,4)5/h11-12,17H,6-10H2,1-5H3. The average Bonchev–Trinajstić information content (AvgIpc) is 3.06. The van der Waals surface area contributed by atoms with Gasteiger partial charge in [0.25, 0.3) is 0 Å². The topological polar surface area (TPSA) is 24.9 Å². The van der Waals surface area contributed by atoms with Crippen molar-refractivity contribution in [2.24, 2.45) is 5.92 Å². The second-order valence-electron chi connectivity index (χ2n) is 6.81. The first-order valence-corrected chi connectivity index (χ1v) is 8.53. The Labute approximate surface area is 122 Å². The lowest BCUT2D eigenvalue weighted by molar-refractivity contribution is 0.274. The molecular weight excluding hydrogens is 252 g/mol. The van der Waals surface area contributed by atoms with Crippen LogP contribution in [0.5, 0.6) is 0 Å². The molecule has 0 saturated heterocycles. The summed E-state index contributed by atoms with van der Waals surface area (Å²) in [4.78, 5) is 5.00. The van der Waals surface area contributed by atoms with Gasteiger partial charge in [0, 0.05) is 10.8 Å². The van der Waals surface area contributed by atoms with Gasteiger partial charge in [0.15, 0.2) is 0 Å². The Hall–Kier alpha value is -0.410. The van der Waals surface area contributed by atoms with E-state index in [-0.39, 0.29) is 11.0 Å². The summed E-state index contributed by atoms with van der Waals surface area (Å²) in [6.07, 6.45) is 5.05. The monoisotopic (exact) mass is 280 g/mol. The highest BCUT2D eigenvalue weighted by molar-refractivity contribution is 7.09. The zero-order chi connectivity index (χ0) is 14.1. The maximum absolute atomic E-state index is 5.00. The molecule has 1 saturated carbocycles. The van der Waals surface area contributed by atoms with E-state index in [1.807, 2.05) is 11.3 Å². The van der Waals surface area contributed by atoms with E-state index < -0.39 is 0 Å². The number of nitrogens with zero attached hydrogens (tertiary/aromatic N) is 1. The average molecular weight is 280 g/mol. The van der Waals surface area contributed by atoms with Gasteiger partial charge in [-0.05, 0) is 38.1 Å². The van der Waals surface area contributed by atoms with Gasteiger partial charge in [0.1, 0.15) is 5.01 Å². The molecule has 0 aliphatic heterocycles. The predicted molar refractivity (Wildman–Crippen MR) is 83.8 cm³/mol. The Balaban J connectivity index is 2.30. The third-order valence-corrected chi connectivity index (χ3v) is 5.20. The second-order valence-corrected chi connectivity index (χ2v) is 7.67. The van der Waals surface area contributed by atoms with Crippen molar-refractivity contribution in [2.45, 2.75) is 71.3 Å². The lowest BCUT2D eigenvalue weighted by Gasteiger charge is -2.32. The molecule has 3 heteroatoms. The molecule has 1 aliphatic carbocycles. The molecule has 1 N–H and O–H groups in total. The minimum absolute atomic E-state index is 0.143. The maximum Gasteiger partial charge on any atom is 0.113 e. The fourth-order valence-electron chi connectivity index (χ4n) is 2.71. The summed E-state index contributed by atoms with van der Waals surface area (Å²) in [5, 5.41) is 7.40. The maximum atomic E-state index is 5.00. The summed E-state index contributed by atoms with van der Waals surface area (Å²) in [5.41, 5.74) is 1.54. The van der Waals surface area contributed by atoms with Crippen LogP contribution < -0.4 is 5.32 Å². The fourth-order valence-corrected chi connectivity index (χ4v) is 4.08. The number of hydrogen-bond donors (Lipinski definition) is 1. The molecule has 0 amide bonds. The molecule has 108 valence electrons.